The molecular formula is C20H37KO5S. The number of hydrogen-bond acceptors (Lipinski definition) is 2. The molecule has 0 atom stereocenters. The molecule has 4 N–H and O–H groups in total. The third-order valence-corrected chi connectivity index (χ3v) is 9.00. The van der Waals surface area contributed by atoms with Gasteiger partial charge in [0.2, 0.25) is 0 Å². The van der Waals surface area contributed by atoms with Gasteiger partial charge in [-0.15, -0.1) is 0 Å². The van der Waals surface area contributed by atoms with Crippen molar-refractivity contribution in [3.05, 3.63) is 35.4 Å². The van der Waals surface area contributed by atoms with Gasteiger partial charge in [-0.3, -0.25) is 0 Å². The molecule has 0 aliphatic carbocycles. The van der Waals surface area contributed by atoms with Gasteiger partial charge in [0, 0.05) is 0 Å². The van der Waals surface area contributed by atoms with Crippen molar-refractivity contribution in [3.8, 4) is 0 Å². The number of benzene rings is 1. The van der Waals surface area contributed by atoms with E-state index in [1.807, 2.05) is 0 Å². The first-order valence-corrected chi connectivity index (χ1v) is 11.5. The minimum absolute atomic E-state index is 0. The first-order valence-electron chi connectivity index (χ1n) is 9.16. The number of aromatic carboxylic acids is 2. The minimum Gasteiger partial charge on any atom is -1.00 e. The summed E-state index contributed by atoms with van der Waals surface area (Å²) in [6, 6.07) is 5.20. The van der Waals surface area contributed by atoms with Crippen LogP contribution in [0.25, 0.3) is 0 Å². The summed E-state index contributed by atoms with van der Waals surface area (Å²) in [4.78, 5) is 20.8. The number of carbonyl (C=O) groups is 2. The van der Waals surface area contributed by atoms with Crippen LogP contribution in [0.15, 0.2) is 24.3 Å². The van der Waals surface area contributed by atoms with Crippen molar-refractivity contribution in [1.29, 1.82) is 0 Å². The van der Waals surface area contributed by atoms with Gasteiger partial charge in [0.15, 0.2) is 0 Å². The quantitative estimate of drug-likeness (QED) is 0.554. The van der Waals surface area contributed by atoms with E-state index >= 15 is 0 Å². The van der Waals surface area contributed by atoms with Crippen LogP contribution in [0.3, 0.4) is 0 Å². The van der Waals surface area contributed by atoms with Gasteiger partial charge in [-0.2, -0.15) is 0 Å². The third-order valence-electron chi connectivity index (χ3n) is 3.91. The molecule has 0 fully saturated rings. The molecule has 0 bridgehead atoms. The van der Waals surface area contributed by atoms with Crippen molar-refractivity contribution in [2.24, 2.45) is 0 Å². The molecule has 0 saturated heterocycles. The zero-order valence-corrected chi connectivity index (χ0v) is 21.5. The molecule has 0 aliphatic rings. The average Bonchev–Trinajstić information content (AvgIpc) is 2.56. The van der Waals surface area contributed by atoms with E-state index in [4.69, 9.17) is 10.2 Å². The average molecular weight is 429 g/mol. The molecule has 27 heavy (non-hydrogen) atoms. The summed E-state index contributed by atoms with van der Waals surface area (Å²) in [5.41, 5.74) is -0.0372. The Morgan fingerprint density at radius 3 is 1.33 bits per heavy atom. The normalized spacial score (nSPS) is 10.5. The van der Waals surface area contributed by atoms with E-state index in [0.29, 0.717) is 0 Å². The van der Waals surface area contributed by atoms with Crippen LogP contribution in [0.2, 0.25) is 0 Å². The van der Waals surface area contributed by atoms with Gasteiger partial charge in [0.25, 0.3) is 0 Å². The van der Waals surface area contributed by atoms with Crippen molar-refractivity contribution in [2.45, 2.75) is 53.4 Å². The van der Waals surface area contributed by atoms with Crippen LogP contribution in [0.5, 0.6) is 0 Å². The Bertz CT molecular complexity index is 484. The van der Waals surface area contributed by atoms with Gasteiger partial charge in [-0.25, -0.2) is 19.6 Å². The Morgan fingerprint density at radius 1 is 0.815 bits per heavy atom. The van der Waals surface area contributed by atoms with E-state index in [-0.39, 0.29) is 79.4 Å². The molecule has 0 amide bonds. The summed E-state index contributed by atoms with van der Waals surface area (Å²) in [7, 11) is -0.197. The van der Waals surface area contributed by atoms with Crippen LogP contribution in [-0.4, -0.2) is 50.6 Å². The van der Waals surface area contributed by atoms with Gasteiger partial charge in [-0.05, 0) is 66.9 Å². The Balaban J connectivity index is -0.000000186. The second-order valence-electron chi connectivity index (χ2n) is 6.23. The van der Waals surface area contributed by atoms with Crippen molar-refractivity contribution in [1.82, 2.24) is 0 Å². The van der Waals surface area contributed by atoms with Crippen molar-refractivity contribution in [3.63, 3.8) is 0 Å². The van der Waals surface area contributed by atoms with Gasteiger partial charge < -0.3 is 17.1 Å². The molecule has 5 nitrogen and oxygen atoms in total. The first-order chi connectivity index (χ1) is 11.9. The predicted molar refractivity (Wildman–Crippen MR) is 113 cm³/mol. The fraction of sp³-hybridized carbons (Fsp3) is 0.600. The number of carboxylic acid groups (broad SMARTS) is 2. The molecule has 0 saturated carbocycles. The topological polar surface area (TPSA) is 106 Å². The van der Waals surface area contributed by atoms with E-state index in [9.17, 15) is 9.59 Å². The fourth-order valence-corrected chi connectivity index (χ4v) is 7.82. The van der Waals surface area contributed by atoms with Gasteiger partial charge in [0.05, 0.1) is 11.1 Å². The Kier molecular flexibility index (Phi) is 21.4. The van der Waals surface area contributed by atoms with E-state index < -0.39 is 11.9 Å². The summed E-state index contributed by atoms with van der Waals surface area (Å²) < 4.78 is 0. The van der Waals surface area contributed by atoms with Crippen LogP contribution < -0.4 is 51.4 Å². The van der Waals surface area contributed by atoms with Crippen LogP contribution in [0.1, 0.15) is 75.5 Å². The number of rotatable bonds is 10. The van der Waals surface area contributed by atoms with Crippen molar-refractivity contribution in [2.75, 3.05) is 23.0 Å². The molecule has 1 aromatic rings. The molecule has 0 unspecified atom stereocenters. The smallest absolute Gasteiger partial charge is 1.00 e. The van der Waals surface area contributed by atoms with E-state index in [1.54, 1.807) is 0 Å². The SMILES string of the molecule is CCCS(CCC)(CCC)CCC.O.O=C(O)c1cccc(C(=O)O)c1.[H-].[K+]. The fourth-order valence-electron chi connectivity index (χ4n) is 3.13. The number of carboxylic acids is 2. The minimum atomic E-state index is -1.13. The third kappa shape index (κ3) is 13.0. The summed E-state index contributed by atoms with van der Waals surface area (Å²) in [6.07, 6.45) is 5.59. The maximum absolute atomic E-state index is 10.4. The zero-order chi connectivity index (χ0) is 19.3. The Morgan fingerprint density at radius 2 is 1.11 bits per heavy atom. The second kappa shape index (κ2) is 18.2. The summed E-state index contributed by atoms with van der Waals surface area (Å²) in [5.74, 6) is 3.87. The summed E-state index contributed by atoms with van der Waals surface area (Å²) in [5, 5.41) is 17.0. The molecule has 0 radical (unpaired) electrons. The van der Waals surface area contributed by atoms with Gasteiger partial charge in [0.1, 0.15) is 0 Å². The molecule has 0 aromatic heterocycles. The Labute approximate surface area is 209 Å². The largest absolute Gasteiger partial charge is 1.00 e. The number of hydrogen-bond donors (Lipinski definition) is 2. The molecule has 154 valence electrons. The molecule has 7 heteroatoms. The maximum Gasteiger partial charge on any atom is 1.00 e. The first kappa shape index (κ1) is 31.8. The van der Waals surface area contributed by atoms with Crippen LogP contribution in [-0.2, 0) is 0 Å². The summed E-state index contributed by atoms with van der Waals surface area (Å²) >= 11 is 0. The standard InChI is InChI=1S/C12H28S.C8H6O4.K.H2O.H/c1-5-9-13(10-6-2,11-7-3)12-8-4;9-7(10)5-2-1-3-6(4-5)8(11)12;;;/h5-12H2,1-4H3;1-4H,(H,9,10)(H,11,12);;1H2;/q;;+1;;-1. The summed E-state index contributed by atoms with van der Waals surface area (Å²) in [6.45, 7) is 9.40. The van der Waals surface area contributed by atoms with Crippen molar-refractivity contribution >= 4 is 22.0 Å². The van der Waals surface area contributed by atoms with E-state index in [0.717, 1.165) is 6.07 Å². The maximum atomic E-state index is 10.4. The van der Waals surface area contributed by atoms with Crippen LogP contribution >= 0.6 is 10.0 Å². The molecule has 0 heterocycles. The molecule has 0 aliphatic heterocycles. The van der Waals surface area contributed by atoms with Crippen LogP contribution in [0.4, 0.5) is 0 Å². The van der Waals surface area contributed by atoms with Crippen LogP contribution in [0, 0.1) is 0 Å². The van der Waals surface area contributed by atoms with Gasteiger partial charge >= 0.3 is 63.3 Å². The monoisotopic (exact) mass is 428 g/mol. The van der Waals surface area contributed by atoms with Crippen molar-refractivity contribution < 1.29 is 78.1 Å². The Hall–Kier alpha value is 0.106. The molecule has 1 aromatic carbocycles. The predicted octanol–water partition coefficient (Wildman–Crippen LogP) is 1.81. The molecular weight excluding hydrogens is 391 g/mol. The second-order valence-corrected chi connectivity index (χ2v) is 10.3. The van der Waals surface area contributed by atoms with E-state index in [1.165, 1.54) is 66.9 Å². The zero-order valence-electron chi connectivity index (χ0n) is 18.6. The molecule has 1 rings (SSSR count). The molecule has 0 spiro atoms. The van der Waals surface area contributed by atoms with Gasteiger partial charge in [-0.1, -0.05) is 33.8 Å². The van der Waals surface area contributed by atoms with E-state index in [2.05, 4.69) is 27.7 Å².